The molecular formula is C23H25F4N7O5. The first kappa shape index (κ1) is 26.5. The van der Waals surface area contributed by atoms with Crippen molar-refractivity contribution in [3.05, 3.63) is 52.9 Å². The monoisotopic (exact) mass is 555 g/mol. The minimum absolute atomic E-state index is 0.0696. The van der Waals surface area contributed by atoms with Gasteiger partial charge in [0.05, 0.1) is 19.3 Å². The van der Waals surface area contributed by atoms with Crippen molar-refractivity contribution >= 4 is 11.7 Å². The molecule has 16 heteroatoms. The predicted octanol–water partition coefficient (Wildman–Crippen LogP) is 2.67. The van der Waals surface area contributed by atoms with Crippen LogP contribution in [0.15, 0.2) is 47.7 Å². The van der Waals surface area contributed by atoms with E-state index >= 15 is 0 Å². The maximum atomic E-state index is 14.9. The standard InChI is InChI=1S/C23H25F4N7O5/c24-18-10-32(8-5-19(18)38-16-1-3-17(4-2-16)39-23(25,26)27)20-6-7-31(14-29-20)13-28-15-9-33-11-21(34(35)36)30-22(33)37-12-15/h1-4,6-7,11,15,18-19,28H,5,8-10,12-14H2/t15-,18?,19?/m0/s1. The van der Waals surface area contributed by atoms with Gasteiger partial charge in [0.1, 0.15) is 42.9 Å². The molecule has 1 aromatic carbocycles. The van der Waals surface area contributed by atoms with Gasteiger partial charge in [-0.15, -0.1) is 13.2 Å². The van der Waals surface area contributed by atoms with Crippen molar-refractivity contribution in [2.45, 2.75) is 37.6 Å². The van der Waals surface area contributed by atoms with Crippen LogP contribution in [0.4, 0.5) is 23.4 Å². The molecular weight excluding hydrogens is 530 g/mol. The molecule has 0 aliphatic carbocycles. The van der Waals surface area contributed by atoms with E-state index in [1.54, 1.807) is 10.6 Å². The van der Waals surface area contributed by atoms with Crippen molar-refractivity contribution in [1.82, 2.24) is 24.7 Å². The topological polar surface area (TPSA) is 120 Å². The first-order chi connectivity index (χ1) is 18.6. The van der Waals surface area contributed by atoms with Crippen LogP contribution in [0, 0.1) is 10.1 Å². The van der Waals surface area contributed by atoms with Crippen LogP contribution in [0.25, 0.3) is 0 Å². The number of ether oxygens (including phenoxy) is 3. The van der Waals surface area contributed by atoms with E-state index in [0.717, 1.165) is 12.1 Å². The Morgan fingerprint density at radius 1 is 1.21 bits per heavy atom. The first-order valence-corrected chi connectivity index (χ1v) is 12.1. The lowest BCUT2D eigenvalue weighted by atomic mass is 10.1. The highest BCUT2D eigenvalue weighted by Gasteiger charge is 2.33. The van der Waals surface area contributed by atoms with Gasteiger partial charge < -0.3 is 34.1 Å². The van der Waals surface area contributed by atoms with Gasteiger partial charge in [-0.3, -0.25) is 9.88 Å². The molecule has 3 atom stereocenters. The van der Waals surface area contributed by atoms with Gasteiger partial charge in [-0.05, 0) is 35.3 Å². The number of piperidine rings is 1. The molecule has 3 aliphatic rings. The number of fused-ring (bicyclic) bond motifs is 1. The van der Waals surface area contributed by atoms with E-state index in [0.29, 0.717) is 45.3 Å². The van der Waals surface area contributed by atoms with Crippen LogP contribution in [0.5, 0.6) is 17.5 Å². The zero-order valence-corrected chi connectivity index (χ0v) is 20.5. The van der Waals surface area contributed by atoms with Gasteiger partial charge in [-0.2, -0.15) is 0 Å². The number of halogens is 4. The lowest BCUT2D eigenvalue weighted by molar-refractivity contribution is -0.389. The summed E-state index contributed by atoms with van der Waals surface area (Å²) < 4.78 is 68.4. The van der Waals surface area contributed by atoms with Crippen molar-refractivity contribution < 1.29 is 36.7 Å². The molecule has 0 radical (unpaired) electrons. The maximum absolute atomic E-state index is 14.9. The molecule has 5 rings (SSSR count). The number of aromatic nitrogens is 2. The number of benzene rings is 1. The summed E-state index contributed by atoms with van der Waals surface area (Å²) in [6, 6.07) is 5.01. The highest BCUT2D eigenvalue weighted by molar-refractivity contribution is 5.93. The van der Waals surface area contributed by atoms with Crippen molar-refractivity contribution in [1.29, 1.82) is 0 Å². The molecule has 0 saturated carbocycles. The van der Waals surface area contributed by atoms with Crippen LogP contribution in [-0.2, 0) is 6.54 Å². The minimum Gasteiger partial charge on any atom is -0.487 e. The van der Waals surface area contributed by atoms with E-state index in [4.69, 9.17) is 9.47 Å². The van der Waals surface area contributed by atoms with Gasteiger partial charge in [0.2, 0.25) is 0 Å². The minimum atomic E-state index is -4.79. The van der Waals surface area contributed by atoms with Gasteiger partial charge in [-0.1, -0.05) is 0 Å². The molecule has 1 N–H and O–H groups in total. The van der Waals surface area contributed by atoms with E-state index in [2.05, 4.69) is 20.0 Å². The number of hydrogen-bond acceptors (Lipinski definition) is 10. The molecule has 3 aliphatic heterocycles. The summed E-state index contributed by atoms with van der Waals surface area (Å²) in [5, 5.41) is 14.2. The Morgan fingerprint density at radius 2 is 1.97 bits per heavy atom. The van der Waals surface area contributed by atoms with Gasteiger partial charge in [-0.25, -0.2) is 9.38 Å². The second-order valence-electron chi connectivity index (χ2n) is 9.15. The lowest BCUT2D eigenvalue weighted by Gasteiger charge is -2.37. The summed E-state index contributed by atoms with van der Waals surface area (Å²) in [4.78, 5) is 22.5. The molecule has 0 spiro atoms. The fourth-order valence-corrected chi connectivity index (χ4v) is 4.42. The number of nitro groups is 1. The Bertz CT molecular complexity index is 1240. The van der Waals surface area contributed by atoms with Gasteiger partial charge in [0.25, 0.3) is 0 Å². The number of rotatable bonds is 7. The number of imidazole rings is 1. The molecule has 210 valence electrons. The number of alkyl halides is 4. The zero-order chi connectivity index (χ0) is 27.6. The Balaban J connectivity index is 1.05. The van der Waals surface area contributed by atoms with Gasteiger partial charge in [0, 0.05) is 30.7 Å². The molecule has 1 saturated heterocycles. The van der Waals surface area contributed by atoms with E-state index in [1.807, 2.05) is 16.0 Å². The zero-order valence-electron chi connectivity index (χ0n) is 20.5. The summed E-state index contributed by atoms with van der Waals surface area (Å²) in [6.45, 7) is 2.18. The Hall–Kier alpha value is -4.08. The average molecular weight is 555 g/mol. The van der Waals surface area contributed by atoms with E-state index < -0.39 is 23.6 Å². The molecule has 4 heterocycles. The highest BCUT2D eigenvalue weighted by atomic mass is 19.4. The summed E-state index contributed by atoms with van der Waals surface area (Å²) in [7, 11) is 0. The number of nitrogens with zero attached hydrogens (tertiary/aromatic N) is 6. The largest absolute Gasteiger partial charge is 0.573 e. The average Bonchev–Trinajstić information content (AvgIpc) is 3.33. The SMILES string of the molecule is O=[N+]([O-])c1cn2c(n1)OC[C@@H](NCN1C=CC(N3CCC(Oc4ccc(OC(F)(F)F)cc4)C(F)C3)=NC1)C2. The van der Waals surface area contributed by atoms with Gasteiger partial charge in [0.15, 0.2) is 6.17 Å². The number of likely N-dealkylation sites (tertiary alicyclic amines) is 1. The van der Waals surface area contributed by atoms with Crippen LogP contribution in [-0.4, -0.2) is 87.8 Å². The number of hydrogen-bond donors (Lipinski definition) is 1. The number of amidine groups is 1. The maximum Gasteiger partial charge on any atom is 0.573 e. The van der Waals surface area contributed by atoms with Crippen LogP contribution in [0.2, 0.25) is 0 Å². The quantitative estimate of drug-likeness (QED) is 0.312. The third-order valence-corrected chi connectivity index (χ3v) is 6.33. The molecule has 2 aromatic rings. The summed E-state index contributed by atoms with van der Waals surface area (Å²) in [5.74, 6) is 0.275. The summed E-state index contributed by atoms with van der Waals surface area (Å²) in [6.07, 6.45) is -1.48. The van der Waals surface area contributed by atoms with Crippen LogP contribution in [0.3, 0.4) is 0 Å². The van der Waals surface area contributed by atoms with Gasteiger partial charge >= 0.3 is 18.2 Å². The van der Waals surface area contributed by atoms with Crippen LogP contribution < -0.4 is 19.5 Å². The van der Waals surface area contributed by atoms with Crippen molar-refractivity contribution in [3.63, 3.8) is 0 Å². The third kappa shape index (κ3) is 6.68. The smallest absolute Gasteiger partial charge is 0.487 e. The fourth-order valence-electron chi connectivity index (χ4n) is 4.42. The molecule has 0 bridgehead atoms. The predicted molar refractivity (Wildman–Crippen MR) is 128 cm³/mol. The summed E-state index contributed by atoms with van der Waals surface area (Å²) >= 11 is 0. The lowest BCUT2D eigenvalue weighted by Crippen LogP contribution is -2.50. The van der Waals surface area contributed by atoms with Crippen molar-refractivity contribution in [2.24, 2.45) is 4.99 Å². The number of aliphatic imine (C=N–C) groups is 1. The normalized spacial score (nSPS) is 23.1. The van der Waals surface area contributed by atoms with Crippen LogP contribution >= 0.6 is 0 Å². The Kier molecular flexibility index (Phi) is 7.45. The third-order valence-electron chi connectivity index (χ3n) is 6.33. The molecule has 2 unspecified atom stereocenters. The molecule has 12 nitrogen and oxygen atoms in total. The van der Waals surface area contributed by atoms with Crippen molar-refractivity contribution in [3.8, 4) is 17.5 Å². The number of nitrogens with one attached hydrogen (secondary N) is 1. The second-order valence-corrected chi connectivity index (χ2v) is 9.15. The van der Waals surface area contributed by atoms with E-state index in [-0.39, 0.29) is 35.9 Å². The first-order valence-electron chi connectivity index (χ1n) is 12.1. The molecule has 39 heavy (non-hydrogen) atoms. The second kappa shape index (κ2) is 11.0. The van der Waals surface area contributed by atoms with Crippen molar-refractivity contribution in [2.75, 3.05) is 33.0 Å². The summed E-state index contributed by atoms with van der Waals surface area (Å²) in [5.41, 5.74) is 0. The van der Waals surface area contributed by atoms with E-state index in [9.17, 15) is 27.7 Å². The molecule has 0 amide bonds. The molecule has 1 fully saturated rings. The Morgan fingerprint density at radius 3 is 2.64 bits per heavy atom. The van der Waals surface area contributed by atoms with Crippen LogP contribution in [0.1, 0.15) is 6.42 Å². The highest BCUT2D eigenvalue weighted by Crippen LogP contribution is 2.27. The van der Waals surface area contributed by atoms with E-state index in [1.165, 1.54) is 18.3 Å². The fraction of sp³-hybridized carbons (Fsp3) is 0.478. The Labute approximate surface area is 219 Å². The molecule has 1 aromatic heterocycles.